The molecule has 2 aliphatic carbocycles. The van der Waals surface area contributed by atoms with Crippen LogP contribution in [0, 0.1) is 17.8 Å². The second kappa shape index (κ2) is 5.82. The van der Waals surface area contributed by atoms with Crippen molar-refractivity contribution in [2.45, 2.75) is 58.0 Å². The Kier molecular flexibility index (Phi) is 4.11. The van der Waals surface area contributed by atoms with Gasteiger partial charge in [-0.05, 0) is 56.3 Å². The van der Waals surface area contributed by atoms with E-state index in [1.165, 1.54) is 32.1 Å². The Morgan fingerprint density at radius 1 is 1.05 bits per heavy atom. The van der Waals surface area contributed by atoms with Gasteiger partial charge in [-0.2, -0.15) is 0 Å². The number of carbonyl (C=O) groups is 1. The van der Waals surface area contributed by atoms with Crippen LogP contribution in [-0.2, 0) is 9.53 Å². The molecule has 1 saturated heterocycles. The molecule has 0 radical (unpaired) electrons. The molecule has 0 amide bonds. The highest BCUT2D eigenvalue weighted by molar-refractivity contribution is 5.71. The average Bonchev–Trinajstić information content (AvgIpc) is 2.83. The zero-order valence-electron chi connectivity index (χ0n) is 12.1. The summed E-state index contributed by atoms with van der Waals surface area (Å²) in [6.45, 7) is 5.15. The van der Waals surface area contributed by atoms with E-state index in [2.05, 4.69) is 11.8 Å². The number of carbonyl (C=O) groups excluding carboxylic acids is 1. The first kappa shape index (κ1) is 13.4. The maximum Gasteiger partial charge on any atom is 0.320 e. The molecule has 2 bridgehead atoms. The zero-order valence-corrected chi connectivity index (χ0v) is 12.1. The number of fused-ring (bicyclic) bond motifs is 2. The van der Waals surface area contributed by atoms with Gasteiger partial charge in [-0.3, -0.25) is 9.69 Å². The van der Waals surface area contributed by atoms with Crippen LogP contribution < -0.4 is 0 Å². The Morgan fingerprint density at radius 2 is 1.68 bits per heavy atom. The van der Waals surface area contributed by atoms with Gasteiger partial charge in [0.1, 0.15) is 6.10 Å². The molecule has 0 aromatic rings. The fraction of sp³-hybridized carbons (Fsp3) is 0.938. The van der Waals surface area contributed by atoms with Crippen molar-refractivity contribution in [2.24, 2.45) is 17.8 Å². The topological polar surface area (TPSA) is 29.5 Å². The first-order chi connectivity index (χ1) is 9.22. The molecule has 3 heteroatoms. The molecule has 3 aliphatic rings. The number of hydrogen-bond acceptors (Lipinski definition) is 3. The molecule has 0 N–H and O–H groups in total. The highest BCUT2D eigenvalue weighted by Crippen LogP contribution is 2.39. The number of hydrogen-bond donors (Lipinski definition) is 0. The van der Waals surface area contributed by atoms with Crippen LogP contribution in [0.4, 0.5) is 0 Å². The molecular weight excluding hydrogens is 238 g/mol. The number of rotatable bonds is 3. The molecular formula is C16H27NO2. The van der Waals surface area contributed by atoms with Crippen molar-refractivity contribution in [3.05, 3.63) is 0 Å². The molecule has 0 aromatic heterocycles. The Bertz CT molecular complexity index is 311. The van der Waals surface area contributed by atoms with Gasteiger partial charge in [-0.15, -0.1) is 0 Å². The lowest BCUT2D eigenvalue weighted by molar-refractivity contribution is -0.151. The molecule has 2 unspecified atom stereocenters. The Labute approximate surface area is 116 Å². The number of ether oxygens (including phenoxy) is 1. The first-order valence-electron chi connectivity index (χ1n) is 8.14. The summed E-state index contributed by atoms with van der Waals surface area (Å²) in [7, 11) is 0. The quantitative estimate of drug-likeness (QED) is 0.735. The number of nitrogens with zero attached hydrogens (tertiary/aromatic N) is 1. The lowest BCUT2D eigenvalue weighted by atomic mass is 9.70. The van der Waals surface area contributed by atoms with E-state index >= 15 is 0 Å². The van der Waals surface area contributed by atoms with Gasteiger partial charge in [0.2, 0.25) is 0 Å². The van der Waals surface area contributed by atoms with Gasteiger partial charge in [0.05, 0.1) is 6.54 Å². The summed E-state index contributed by atoms with van der Waals surface area (Å²) in [4.78, 5) is 14.4. The molecule has 1 heterocycles. The fourth-order valence-electron chi connectivity index (χ4n) is 4.35. The van der Waals surface area contributed by atoms with E-state index < -0.39 is 0 Å². The molecule has 108 valence electrons. The smallest absolute Gasteiger partial charge is 0.320 e. The van der Waals surface area contributed by atoms with Crippen molar-refractivity contribution in [2.75, 3.05) is 19.6 Å². The Hall–Kier alpha value is -0.570. The van der Waals surface area contributed by atoms with E-state index in [4.69, 9.17) is 4.74 Å². The second-order valence-electron chi connectivity index (χ2n) is 6.90. The highest BCUT2D eigenvalue weighted by Gasteiger charge is 2.37. The normalized spacial score (nSPS) is 36.4. The lowest BCUT2D eigenvalue weighted by Gasteiger charge is -2.45. The molecule has 0 aromatic carbocycles. The second-order valence-corrected chi connectivity index (χ2v) is 6.90. The number of esters is 1. The average molecular weight is 265 g/mol. The highest BCUT2D eigenvalue weighted by atomic mass is 16.5. The standard InChI is InChI=1S/C16H27NO2/c1-12-13-5-4-6-14(12)10-17(9-13)11-16(18)19-15-7-2-3-8-15/h12-15H,2-11H2,1H3. The summed E-state index contributed by atoms with van der Waals surface area (Å²) in [6.07, 6.45) is 8.92. The van der Waals surface area contributed by atoms with E-state index in [1.807, 2.05) is 0 Å². The summed E-state index contributed by atoms with van der Waals surface area (Å²) in [5.41, 5.74) is 0. The molecule has 3 fully saturated rings. The molecule has 3 nitrogen and oxygen atoms in total. The van der Waals surface area contributed by atoms with E-state index in [1.54, 1.807) is 0 Å². The SMILES string of the molecule is CC1C2CCCC1CN(CC(=O)OC1CCCC1)C2. The first-order valence-corrected chi connectivity index (χ1v) is 8.14. The van der Waals surface area contributed by atoms with Gasteiger partial charge in [0.25, 0.3) is 0 Å². The minimum atomic E-state index is 0.0135. The van der Waals surface area contributed by atoms with Crippen LogP contribution >= 0.6 is 0 Å². The lowest BCUT2D eigenvalue weighted by Crippen LogP contribution is -2.49. The monoisotopic (exact) mass is 265 g/mol. The van der Waals surface area contributed by atoms with Gasteiger partial charge < -0.3 is 4.74 Å². The van der Waals surface area contributed by atoms with Crippen LogP contribution in [0.15, 0.2) is 0 Å². The van der Waals surface area contributed by atoms with Crippen LogP contribution in [-0.4, -0.2) is 36.6 Å². The summed E-state index contributed by atoms with van der Waals surface area (Å²) in [5.74, 6) is 2.49. The van der Waals surface area contributed by atoms with E-state index in [0.717, 1.165) is 43.7 Å². The molecule has 19 heavy (non-hydrogen) atoms. The van der Waals surface area contributed by atoms with Gasteiger partial charge >= 0.3 is 5.97 Å². The van der Waals surface area contributed by atoms with Crippen LogP contribution in [0.2, 0.25) is 0 Å². The van der Waals surface area contributed by atoms with E-state index in [9.17, 15) is 4.79 Å². The minimum absolute atomic E-state index is 0.0135. The maximum absolute atomic E-state index is 12.0. The van der Waals surface area contributed by atoms with Gasteiger partial charge in [0, 0.05) is 13.1 Å². The third-order valence-electron chi connectivity index (χ3n) is 5.58. The minimum Gasteiger partial charge on any atom is -0.461 e. The number of likely N-dealkylation sites (tertiary alicyclic amines) is 1. The van der Waals surface area contributed by atoms with Crippen molar-refractivity contribution >= 4 is 5.97 Å². The van der Waals surface area contributed by atoms with Crippen molar-refractivity contribution in [1.29, 1.82) is 0 Å². The van der Waals surface area contributed by atoms with Crippen molar-refractivity contribution in [3.63, 3.8) is 0 Å². The van der Waals surface area contributed by atoms with Gasteiger partial charge in [-0.25, -0.2) is 0 Å². The van der Waals surface area contributed by atoms with Crippen molar-refractivity contribution in [3.8, 4) is 0 Å². The number of piperidine rings is 1. The van der Waals surface area contributed by atoms with Crippen LogP contribution in [0.25, 0.3) is 0 Å². The largest absolute Gasteiger partial charge is 0.461 e. The zero-order chi connectivity index (χ0) is 13.2. The van der Waals surface area contributed by atoms with E-state index in [-0.39, 0.29) is 12.1 Å². The predicted molar refractivity (Wildman–Crippen MR) is 74.8 cm³/mol. The summed E-state index contributed by atoms with van der Waals surface area (Å²) in [5, 5.41) is 0. The molecule has 0 spiro atoms. The van der Waals surface area contributed by atoms with E-state index in [0.29, 0.717) is 6.54 Å². The molecule has 3 rings (SSSR count). The van der Waals surface area contributed by atoms with Gasteiger partial charge in [-0.1, -0.05) is 13.3 Å². The third kappa shape index (κ3) is 3.13. The summed E-state index contributed by atoms with van der Waals surface area (Å²) < 4.78 is 5.58. The summed E-state index contributed by atoms with van der Waals surface area (Å²) >= 11 is 0. The van der Waals surface area contributed by atoms with Crippen molar-refractivity contribution < 1.29 is 9.53 Å². The maximum atomic E-state index is 12.0. The molecule has 2 atom stereocenters. The van der Waals surface area contributed by atoms with Crippen LogP contribution in [0.3, 0.4) is 0 Å². The predicted octanol–water partition coefficient (Wildman–Crippen LogP) is 2.84. The Morgan fingerprint density at radius 3 is 2.32 bits per heavy atom. The molecule has 2 saturated carbocycles. The van der Waals surface area contributed by atoms with Crippen LogP contribution in [0.1, 0.15) is 51.9 Å². The van der Waals surface area contributed by atoms with Crippen LogP contribution in [0.5, 0.6) is 0 Å². The fourth-order valence-corrected chi connectivity index (χ4v) is 4.35. The molecule has 1 aliphatic heterocycles. The van der Waals surface area contributed by atoms with Crippen molar-refractivity contribution in [1.82, 2.24) is 4.90 Å². The Balaban J connectivity index is 1.48. The summed E-state index contributed by atoms with van der Waals surface area (Å²) in [6, 6.07) is 0. The third-order valence-corrected chi connectivity index (χ3v) is 5.58. The van der Waals surface area contributed by atoms with Gasteiger partial charge in [0.15, 0.2) is 0 Å².